The summed E-state index contributed by atoms with van der Waals surface area (Å²) in [6.45, 7) is 3.96. The average Bonchev–Trinajstić information content (AvgIpc) is 2.67. The van der Waals surface area contributed by atoms with Gasteiger partial charge in [-0.1, -0.05) is 24.3 Å². The van der Waals surface area contributed by atoms with E-state index >= 15 is 0 Å². The molecule has 19 heavy (non-hydrogen) atoms. The Morgan fingerprint density at radius 3 is 2.16 bits per heavy atom. The Morgan fingerprint density at radius 2 is 1.58 bits per heavy atom. The molecule has 1 aliphatic heterocycles. The minimum absolute atomic E-state index is 0.0342. The first kappa shape index (κ1) is 12.2. The van der Waals surface area contributed by atoms with Crippen molar-refractivity contribution in [3.05, 3.63) is 41.5 Å². The van der Waals surface area contributed by atoms with Gasteiger partial charge >= 0.3 is 0 Å². The molecule has 3 rings (SSSR count). The number of anilines is 1. The summed E-state index contributed by atoms with van der Waals surface area (Å²) in [5.41, 5.74) is 2.87. The van der Waals surface area contributed by atoms with E-state index in [1.807, 2.05) is 44.2 Å². The van der Waals surface area contributed by atoms with Gasteiger partial charge in [0.25, 0.3) is 0 Å². The van der Waals surface area contributed by atoms with Crippen molar-refractivity contribution in [3.8, 4) is 0 Å². The van der Waals surface area contributed by atoms with Crippen LogP contribution in [0.1, 0.15) is 24.0 Å². The van der Waals surface area contributed by atoms with Crippen molar-refractivity contribution in [1.29, 1.82) is 0 Å². The molecule has 0 bridgehead atoms. The molecule has 1 aromatic carbocycles. The fraction of sp³-hybridized carbons (Fsp3) is 0.375. The molecule has 0 saturated carbocycles. The second-order valence-electron chi connectivity index (χ2n) is 5.39. The van der Waals surface area contributed by atoms with Crippen LogP contribution in [0.4, 0.5) is 5.69 Å². The Labute approximate surface area is 112 Å². The van der Waals surface area contributed by atoms with Gasteiger partial charge < -0.3 is 0 Å². The smallest absolute Gasteiger partial charge is 0.238 e. The van der Waals surface area contributed by atoms with E-state index in [4.69, 9.17) is 0 Å². The number of amides is 2. The standard InChI is InChI=1S/C16H17NO2/c1-10-6-5-9-14(11(10)2)17-15(18)12-7-3-4-8-13(12)16(17)19/h3-6,9,12-13H,7-8H2,1-2H3/t12-,13+. The second kappa shape index (κ2) is 4.34. The van der Waals surface area contributed by atoms with E-state index in [0.717, 1.165) is 16.8 Å². The van der Waals surface area contributed by atoms with Gasteiger partial charge in [0, 0.05) is 0 Å². The van der Waals surface area contributed by atoms with Gasteiger partial charge in [-0.05, 0) is 43.9 Å². The highest BCUT2D eigenvalue weighted by Gasteiger charge is 2.48. The highest BCUT2D eigenvalue weighted by Crippen LogP contribution is 2.38. The molecule has 2 amide bonds. The number of hydrogen-bond acceptors (Lipinski definition) is 2. The average molecular weight is 255 g/mol. The number of carbonyl (C=O) groups is 2. The van der Waals surface area contributed by atoms with Gasteiger partial charge in [0.2, 0.25) is 11.8 Å². The molecule has 2 atom stereocenters. The van der Waals surface area contributed by atoms with Crippen molar-refractivity contribution in [2.45, 2.75) is 26.7 Å². The van der Waals surface area contributed by atoms with Gasteiger partial charge in [-0.25, -0.2) is 4.90 Å². The summed E-state index contributed by atoms with van der Waals surface area (Å²) in [5.74, 6) is -0.379. The predicted molar refractivity (Wildman–Crippen MR) is 73.8 cm³/mol. The minimum Gasteiger partial charge on any atom is -0.274 e. The lowest BCUT2D eigenvalue weighted by molar-refractivity contribution is -0.122. The predicted octanol–water partition coefficient (Wildman–Crippen LogP) is 2.76. The van der Waals surface area contributed by atoms with Gasteiger partial charge in [0.1, 0.15) is 0 Å². The van der Waals surface area contributed by atoms with Crippen LogP contribution in [-0.2, 0) is 9.59 Å². The second-order valence-corrected chi connectivity index (χ2v) is 5.39. The summed E-state index contributed by atoms with van der Waals surface area (Å²) in [4.78, 5) is 26.4. The maximum Gasteiger partial charge on any atom is 0.238 e. The van der Waals surface area contributed by atoms with E-state index in [9.17, 15) is 9.59 Å². The zero-order valence-electron chi connectivity index (χ0n) is 11.2. The zero-order chi connectivity index (χ0) is 13.6. The molecular weight excluding hydrogens is 238 g/mol. The third kappa shape index (κ3) is 1.72. The molecule has 98 valence electrons. The number of rotatable bonds is 1. The topological polar surface area (TPSA) is 37.4 Å². The molecule has 1 aromatic rings. The minimum atomic E-state index is -0.155. The van der Waals surface area contributed by atoms with E-state index in [1.54, 1.807) is 0 Å². The van der Waals surface area contributed by atoms with Crippen LogP contribution < -0.4 is 4.90 Å². The molecule has 1 heterocycles. The number of benzene rings is 1. The lowest BCUT2D eigenvalue weighted by Crippen LogP contribution is -2.31. The molecule has 0 radical (unpaired) electrons. The van der Waals surface area contributed by atoms with Crippen LogP contribution in [0.2, 0.25) is 0 Å². The number of hydrogen-bond donors (Lipinski definition) is 0. The van der Waals surface area contributed by atoms with E-state index in [1.165, 1.54) is 4.90 Å². The largest absolute Gasteiger partial charge is 0.274 e. The molecule has 3 heteroatoms. The monoisotopic (exact) mass is 255 g/mol. The molecule has 2 aliphatic rings. The molecule has 0 aromatic heterocycles. The number of nitrogens with zero attached hydrogens (tertiary/aromatic N) is 1. The Kier molecular flexibility index (Phi) is 2.77. The van der Waals surface area contributed by atoms with Crippen LogP contribution in [0.5, 0.6) is 0 Å². The molecule has 1 aliphatic carbocycles. The summed E-state index contributed by atoms with van der Waals surface area (Å²) in [7, 11) is 0. The Bertz CT molecular complexity index is 562. The Hall–Kier alpha value is -1.90. The molecule has 3 nitrogen and oxygen atoms in total. The number of fused-ring (bicyclic) bond motifs is 1. The summed E-state index contributed by atoms with van der Waals surface area (Å²) < 4.78 is 0. The fourth-order valence-electron chi connectivity index (χ4n) is 3.02. The fourth-order valence-corrected chi connectivity index (χ4v) is 3.02. The van der Waals surface area contributed by atoms with Crippen molar-refractivity contribution in [2.75, 3.05) is 4.90 Å². The van der Waals surface area contributed by atoms with Gasteiger partial charge in [0.05, 0.1) is 17.5 Å². The SMILES string of the molecule is Cc1cccc(N2C(=O)[C@H]3CC=CC[C@H]3C2=O)c1C. The third-order valence-electron chi connectivity index (χ3n) is 4.32. The number of allylic oxidation sites excluding steroid dienone is 2. The van der Waals surface area contributed by atoms with Crippen molar-refractivity contribution in [2.24, 2.45) is 11.8 Å². The summed E-state index contributed by atoms with van der Waals surface area (Å²) in [6, 6.07) is 5.76. The van der Waals surface area contributed by atoms with Gasteiger partial charge in [-0.3, -0.25) is 9.59 Å². The molecule has 1 fully saturated rings. The first-order valence-electron chi connectivity index (χ1n) is 6.70. The zero-order valence-corrected chi connectivity index (χ0v) is 11.2. The van der Waals surface area contributed by atoms with Crippen LogP contribution >= 0.6 is 0 Å². The number of aryl methyl sites for hydroxylation is 1. The van der Waals surface area contributed by atoms with E-state index in [2.05, 4.69) is 0 Å². The van der Waals surface area contributed by atoms with Crippen LogP contribution in [0.3, 0.4) is 0 Å². The third-order valence-corrected chi connectivity index (χ3v) is 4.32. The van der Waals surface area contributed by atoms with Crippen LogP contribution in [-0.4, -0.2) is 11.8 Å². The Morgan fingerprint density at radius 1 is 1.00 bits per heavy atom. The van der Waals surface area contributed by atoms with Crippen LogP contribution in [0.25, 0.3) is 0 Å². The highest BCUT2D eigenvalue weighted by atomic mass is 16.2. The number of imide groups is 1. The molecule has 1 saturated heterocycles. The molecule has 0 spiro atoms. The summed E-state index contributed by atoms with van der Waals surface area (Å²) >= 11 is 0. The van der Waals surface area contributed by atoms with Crippen LogP contribution in [0.15, 0.2) is 30.4 Å². The lowest BCUT2D eigenvalue weighted by Gasteiger charge is -2.18. The van der Waals surface area contributed by atoms with Gasteiger partial charge in [-0.2, -0.15) is 0 Å². The number of carbonyl (C=O) groups excluding carboxylic acids is 2. The van der Waals surface area contributed by atoms with E-state index < -0.39 is 0 Å². The maximum atomic E-state index is 12.5. The summed E-state index contributed by atoms with van der Waals surface area (Å²) in [5, 5.41) is 0. The van der Waals surface area contributed by atoms with Crippen molar-refractivity contribution >= 4 is 17.5 Å². The summed E-state index contributed by atoms with van der Waals surface area (Å²) in [6.07, 6.45) is 5.41. The quantitative estimate of drug-likeness (QED) is 0.571. The maximum absolute atomic E-state index is 12.5. The highest BCUT2D eigenvalue weighted by molar-refractivity contribution is 6.22. The van der Waals surface area contributed by atoms with Crippen molar-refractivity contribution in [1.82, 2.24) is 0 Å². The normalized spacial score (nSPS) is 25.9. The van der Waals surface area contributed by atoms with E-state index in [-0.39, 0.29) is 23.7 Å². The van der Waals surface area contributed by atoms with Crippen molar-refractivity contribution in [3.63, 3.8) is 0 Å². The van der Waals surface area contributed by atoms with Gasteiger partial charge in [0.15, 0.2) is 0 Å². The molecular formula is C16H17NO2. The van der Waals surface area contributed by atoms with Crippen molar-refractivity contribution < 1.29 is 9.59 Å². The van der Waals surface area contributed by atoms with Gasteiger partial charge in [-0.15, -0.1) is 0 Å². The van der Waals surface area contributed by atoms with Crippen LogP contribution in [0, 0.1) is 25.7 Å². The molecule has 0 N–H and O–H groups in total. The lowest BCUT2D eigenvalue weighted by atomic mass is 9.85. The Balaban J connectivity index is 2.04. The first-order chi connectivity index (χ1) is 9.11. The first-order valence-corrected chi connectivity index (χ1v) is 6.70. The van der Waals surface area contributed by atoms with E-state index in [0.29, 0.717) is 12.8 Å². The molecule has 0 unspecified atom stereocenters.